The number of rotatable bonds is 3. The lowest BCUT2D eigenvalue weighted by Crippen LogP contribution is -2.25. The Morgan fingerprint density at radius 3 is 2.17 bits per heavy atom. The third-order valence-corrected chi connectivity index (χ3v) is 0.911. The third-order valence-electron chi connectivity index (χ3n) is 0.911. The molecule has 0 heterocycles. The van der Waals surface area contributed by atoms with Crippen molar-refractivity contribution in [3.8, 4) is 0 Å². The van der Waals surface area contributed by atoms with Crippen LogP contribution < -0.4 is 0 Å². The van der Waals surface area contributed by atoms with Crippen LogP contribution in [0.5, 0.6) is 0 Å². The quantitative estimate of drug-likeness (QED) is 0.480. The molecular weight excluding hydrogens is 163 g/mol. The summed E-state index contributed by atoms with van der Waals surface area (Å²) in [6, 6.07) is 0. The van der Waals surface area contributed by atoms with Crippen molar-refractivity contribution in [3.05, 3.63) is 0 Å². The average Bonchev–Trinajstić information content (AvgIpc) is 1.82. The van der Waals surface area contributed by atoms with Gasteiger partial charge >= 0.3 is 5.97 Å². The number of carbonyl (C=O) groups is 2. The summed E-state index contributed by atoms with van der Waals surface area (Å²) in [5, 5.41) is 0. The molecule has 70 valence electrons. The Labute approximate surface area is 70.9 Å². The second-order valence-electron chi connectivity index (χ2n) is 3.44. The molecule has 0 spiro atoms. The fraction of sp³-hybridized carbons (Fsp3) is 0.750. The molecule has 0 N–H and O–H groups in total. The number of halogens is 1. The van der Waals surface area contributed by atoms with Crippen molar-refractivity contribution >= 4 is 11.8 Å². The Kier molecular flexibility index (Phi) is 3.86. The molecule has 0 aliphatic carbocycles. The molecule has 4 heteroatoms. The summed E-state index contributed by atoms with van der Waals surface area (Å²) < 4.78 is 16.4. The molecule has 0 fully saturated rings. The molecule has 0 saturated heterocycles. The molecule has 0 unspecified atom stereocenters. The molecule has 0 aromatic rings. The van der Waals surface area contributed by atoms with Crippen molar-refractivity contribution < 1.29 is 18.7 Å². The number of ether oxygens (including phenoxy) is 1. The van der Waals surface area contributed by atoms with Crippen LogP contribution in [0, 0.1) is 0 Å². The van der Waals surface area contributed by atoms with Gasteiger partial charge in [-0.05, 0) is 20.8 Å². The van der Waals surface area contributed by atoms with Gasteiger partial charge in [-0.25, -0.2) is 4.39 Å². The summed E-state index contributed by atoms with van der Waals surface area (Å²) in [5.74, 6) is -1.42. The van der Waals surface area contributed by atoms with Crippen LogP contribution in [0.2, 0.25) is 0 Å². The van der Waals surface area contributed by atoms with Crippen molar-refractivity contribution in [2.75, 3.05) is 6.67 Å². The molecule has 3 nitrogen and oxygen atoms in total. The molecule has 0 atom stereocenters. The van der Waals surface area contributed by atoms with E-state index in [1.165, 1.54) is 0 Å². The molecule has 12 heavy (non-hydrogen) atoms. The van der Waals surface area contributed by atoms with Gasteiger partial charge in [-0.1, -0.05) is 0 Å². The number of hydrogen-bond acceptors (Lipinski definition) is 3. The van der Waals surface area contributed by atoms with Gasteiger partial charge in [-0.3, -0.25) is 9.59 Å². The van der Waals surface area contributed by atoms with E-state index in [0.29, 0.717) is 0 Å². The van der Waals surface area contributed by atoms with E-state index < -0.39 is 30.4 Å². The lowest BCUT2D eigenvalue weighted by Gasteiger charge is -2.18. The largest absolute Gasteiger partial charge is 0.460 e. The van der Waals surface area contributed by atoms with Crippen LogP contribution in [0.15, 0.2) is 0 Å². The van der Waals surface area contributed by atoms with E-state index in [9.17, 15) is 14.0 Å². The van der Waals surface area contributed by atoms with Crippen LogP contribution in [-0.4, -0.2) is 24.0 Å². The smallest absolute Gasteiger partial charge is 0.313 e. The highest BCUT2D eigenvalue weighted by Crippen LogP contribution is 2.08. The highest BCUT2D eigenvalue weighted by molar-refractivity contribution is 5.96. The van der Waals surface area contributed by atoms with E-state index in [1.807, 2.05) is 0 Å². The van der Waals surface area contributed by atoms with E-state index >= 15 is 0 Å². The summed E-state index contributed by atoms with van der Waals surface area (Å²) in [7, 11) is 0. The highest BCUT2D eigenvalue weighted by Gasteiger charge is 2.18. The third kappa shape index (κ3) is 5.82. The molecule has 0 saturated carbocycles. The fourth-order valence-corrected chi connectivity index (χ4v) is 0.586. The summed E-state index contributed by atoms with van der Waals surface area (Å²) >= 11 is 0. The second-order valence-corrected chi connectivity index (χ2v) is 3.44. The first kappa shape index (κ1) is 11.1. The molecule has 0 aromatic heterocycles. The van der Waals surface area contributed by atoms with Crippen LogP contribution in [0.1, 0.15) is 27.2 Å². The maximum atomic E-state index is 11.6. The molecule has 0 radical (unpaired) electrons. The first-order valence-corrected chi connectivity index (χ1v) is 3.64. The monoisotopic (exact) mass is 176 g/mol. The molecule has 0 amide bonds. The van der Waals surface area contributed by atoms with Crippen LogP contribution in [0.3, 0.4) is 0 Å². The zero-order chi connectivity index (χ0) is 9.78. The topological polar surface area (TPSA) is 43.4 Å². The van der Waals surface area contributed by atoms with Crippen LogP contribution in [0.25, 0.3) is 0 Å². The first-order chi connectivity index (χ1) is 5.35. The molecule has 0 bridgehead atoms. The maximum absolute atomic E-state index is 11.6. The average molecular weight is 176 g/mol. The predicted molar refractivity (Wildman–Crippen MR) is 41.4 cm³/mol. The lowest BCUT2D eigenvalue weighted by atomic mass is 10.2. The Bertz CT molecular complexity index is 181. The SMILES string of the molecule is CC(C)(C)OC(=O)CC(=O)CF. The van der Waals surface area contributed by atoms with E-state index in [0.717, 1.165) is 0 Å². The van der Waals surface area contributed by atoms with Gasteiger partial charge < -0.3 is 4.74 Å². The van der Waals surface area contributed by atoms with Gasteiger partial charge in [-0.2, -0.15) is 0 Å². The summed E-state index contributed by atoms with van der Waals surface area (Å²) in [6.45, 7) is 3.94. The zero-order valence-electron chi connectivity index (χ0n) is 7.52. The van der Waals surface area contributed by atoms with E-state index in [2.05, 4.69) is 0 Å². The Morgan fingerprint density at radius 2 is 1.83 bits per heavy atom. The van der Waals surface area contributed by atoms with Gasteiger partial charge in [0, 0.05) is 0 Å². The Morgan fingerprint density at radius 1 is 1.33 bits per heavy atom. The van der Waals surface area contributed by atoms with Crippen molar-refractivity contribution in [2.24, 2.45) is 0 Å². The van der Waals surface area contributed by atoms with Crippen LogP contribution in [0.4, 0.5) is 4.39 Å². The van der Waals surface area contributed by atoms with Gasteiger partial charge in [0.25, 0.3) is 0 Å². The number of esters is 1. The van der Waals surface area contributed by atoms with Gasteiger partial charge in [0.15, 0.2) is 5.78 Å². The second kappa shape index (κ2) is 4.18. The van der Waals surface area contributed by atoms with Crippen LogP contribution in [-0.2, 0) is 14.3 Å². The van der Waals surface area contributed by atoms with Gasteiger partial charge in [-0.15, -0.1) is 0 Å². The minimum absolute atomic E-state index is 0.478. The maximum Gasteiger partial charge on any atom is 0.313 e. The van der Waals surface area contributed by atoms with E-state index in [4.69, 9.17) is 4.74 Å². The Balaban J connectivity index is 3.83. The van der Waals surface area contributed by atoms with Crippen molar-refractivity contribution in [1.29, 1.82) is 0 Å². The summed E-state index contributed by atoms with van der Waals surface area (Å²) in [5.41, 5.74) is -0.617. The van der Waals surface area contributed by atoms with E-state index in [-0.39, 0.29) is 0 Å². The summed E-state index contributed by atoms with van der Waals surface area (Å²) in [6.07, 6.45) is -0.478. The molecule has 0 aliphatic heterocycles. The lowest BCUT2D eigenvalue weighted by molar-refractivity contribution is -0.156. The van der Waals surface area contributed by atoms with Crippen molar-refractivity contribution in [1.82, 2.24) is 0 Å². The Hall–Kier alpha value is -0.930. The zero-order valence-corrected chi connectivity index (χ0v) is 7.52. The number of ketones is 1. The molecule has 0 aliphatic rings. The van der Waals surface area contributed by atoms with E-state index in [1.54, 1.807) is 20.8 Å². The first-order valence-electron chi connectivity index (χ1n) is 3.64. The number of alkyl halides is 1. The fourth-order valence-electron chi connectivity index (χ4n) is 0.586. The number of carbonyl (C=O) groups excluding carboxylic acids is 2. The van der Waals surface area contributed by atoms with Crippen molar-refractivity contribution in [3.63, 3.8) is 0 Å². The van der Waals surface area contributed by atoms with Gasteiger partial charge in [0.2, 0.25) is 0 Å². The standard InChI is InChI=1S/C8H13FO3/c1-8(2,3)12-7(11)4-6(10)5-9/h4-5H2,1-3H3. The van der Waals surface area contributed by atoms with Crippen LogP contribution >= 0.6 is 0 Å². The molecule has 0 aromatic carbocycles. The predicted octanol–water partition coefficient (Wildman–Crippen LogP) is 1.26. The number of Topliss-reactive ketones (excluding diaryl/α,β-unsaturated/α-hetero) is 1. The summed E-state index contributed by atoms with van der Waals surface area (Å²) in [4.78, 5) is 21.3. The number of hydrogen-bond donors (Lipinski definition) is 0. The molecular formula is C8H13FO3. The highest BCUT2D eigenvalue weighted by atomic mass is 19.1. The van der Waals surface area contributed by atoms with Gasteiger partial charge in [0.05, 0.1) is 0 Å². The van der Waals surface area contributed by atoms with Crippen molar-refractivity contribution in [2.45, 2.75) is 32.8 Å². The van der Waals surface area contributed by atoms with Gasteiger partial charge in [0.1, 0.15) is 18.7 Å². The normalized spacial score (nSPS) is 11.0. The minimum Gasteiger partial charge on any atom is -0.460 e. The minimum atomic E-state index is -1.11. The molecule has 0 rings (SSSR count).